The average molecular weight is 371 g/mol. The Labute approximate surface area is 151 Å². The largest absolute Gasteiger partial charge is 0.455 e. The van der Waals surface area contributed by atoms with Gasteiger partial charge < -0.3 is 9.15 Å². The Kier molecular flexibility index (Phi) is 4.02. The molecule has 4 aromatic rings. The highest BCUT2D eigenvalue weighted by Gasteiger charge is 2.12. The van der Waals surface area contributed by atoms with Crippen LogP contribution in [0.3, 0.4) is 0 Å². The first-order valence-corrected chi connectivity index (χ1v) is 7.94. The van der Waals surface area contributed by atoms with E-state index in [2.05, 4.69) is 15.3 Å². The van der Waals surface area contributed by atoms with Crippen LogP contribution in [0.4, 0.5) is 0 Å². The van der Waals surface area contributed by atoms with Crippen molar-refractivity contribution in [2.45, 2.75) is 6.61 Å². The van der Waals surface area contributed by atoms with E-state index in [1.165, 1.54) is 16.8 Å². The second kappa shape index (κ2) is 6.49. The van der Waals surface area contributed by atoms with Crippen LogP contribution in [0.25, 0.3) is 16.8 Å². The lowest BCUT2D eigenvalue weighted by molar-refractivity contribution is 0.0467. The molecule has 0 bridgehead atoms. The lowest BCUT2D eigenvalue weighted by Gasteiger charge is -2.03. The first-order chi connectivity index (χ1) is 12.6. The number of oxazole rings is 1. The summed E-state index contributed by atoms with van der Waals surface area (Å²) in [6.07, 6.45) is 1.63. The van der Waals surface area contributed by atoms with Crippen LogP contribution in [0.1, 0.15) is 16.1 Å². The SMILES string of the molecule is O=C(OCc1cn(-c2ccccc2Cl)nn1)c1ccc2[nH]c(=O)oc2c1. The Morgan fingerprint density at radius 1 is 1.27 bits per heavy atom. The summed E-state index contributed by atoms with van der Waals surface area (Å²) in [6.45, 7) is -0.0571. The fraction of sp³-hybridized carbons (Fsp3) is 0.0588. The second-order valence-electron chi connectivity index (χ2n) is 5.41. The normalized spacial score (nSPS) is 11.0. The Bertz CT molecular complexity index is 1160. The lowest BCUT2D eigenvalue weighted by Crippen LogP contribution is -2.05. The van der Waals surface area contributed by atoms with E-state index in [-0.39, 0.29) is 17.8 Å². The summed E-state index contributed by atoms with van der Waals surface area (Å²) in [6, 6.07) is 11.7. The average Bonchev–Trinajstić information content (AvgIpc) is 3.24. The number of benzene rings is 2. The van der Waals surface area contributed by atoms with Gasteiger partial charge in [0.1, 0.15) is 12.3 Å². The molecule has 2 aromatic heterocycles. The number of rotatable bonds is 4. The van der Waals surface area contributed by atoms with Crippen LogP contribution in [0, 0.1) is 0 Å². The van der Waals surface area contributed by atoms with Gasteiger partial charge >= 0.3 is 11.7 Å². The molecule has 26 heavy (non-hydrogen) atoms. The molecule has 0 amide bonds. The third-order valence-electron chi connectivity index (χ3n) is 3.65. The van der Waals surface area contributed by atoms with Crippen molar-refractivity contribution in [3.8, 4) is 5.69 Å². The van der Waals surface area contributed by atoms with E-state index in [0.29, 0.717) is 21.9 Å². The van der Waals surface area contributed by atoms with Gasteiger partial charge in [-0.2, -0.15) is 0 Å². The number of para-hydroxylation sites is 1. The van der Waals surface area contributed by atoms with Crippen LogP contribution in [-0.4, -0.2) is 25.9 Å². The topological polar surface area (TPSA) is 103 Å². The monoisotopic (exact) mass is 370 g/mol. The number of nitrogens with one attached hydrogen (secondary N) is 1. The molecule has 0 fully saturated rings. The molecule has 9 heteroatoms. The fourth-order valence-corrected chi connectivity index (χ4v) is 2.64. The quantitative estimate of drug-likeness (QED) is 0.554. The van der Waals surface area contributed by atoms with Crippen LogP contribution in [0.5, 0.6) is 0 Å². The van der Waals surface area contributed by atoms with Crippen molar-refractivity contribution >= 4 is 28.7 Å². The van der Waals surface area contributed by atoms with E-state index in [9.17, 15) is 9.59 Å². The predicted molar refractivity (Wildman–Crippen MR) is 92.3 cm³/mol. The molecular weight excluding hydrogens is 360 g/mol. The second-order valence-corrected chi connectivity index (χ2v) is 5.81. The maximum absolute atomic E-state index is 12.2. The molecule has 0 aliphatic carbocycles. The summed E-state index contributed by atoms with van der Waals surface area (Å²) in [4.78, 5) is 25.8. The highest BCUT2D eigenvalue weighted by Crippen LogP contribution is 2.19. The Hall–Kier alpha value is -3.39. The number of hydrogen-bond donors (Lipinski definition) is 1. The number of fused-ring (bicyclic) bond motifs is 1. The minimum atomic E-state index is -0.582. The molecule has 2 heterocycles. The van der Waals surface area contributed by atoms with Gasteiger partial charge in [0.2, 0.25) is 0 Å². The van der Waals surface area contributed by atoms with Crippen LogP contribution >= 0.6 is 11.6 Å². The summed E-state index contributed by atoms with van der Waals surface area (Å²) in [5.41, 5.74) is 2.20. The van der Waals surface area contributed by atoms with Gasteiger partial charge in [-0.3, -0.25) is 4.98 Å². The molecule has 0 saturated heterocycles. The molecule has 0 aliphatic heterocycles. The van der Waals surface area contributed by atoms with Gasteiger partial charge in [-0.15, -0.1) is 5.10 Å². The minimum Gasteiger partial charge on any atom is -0.455 e. The molecule has 130 valence electrons. The van der Waals surface area contributed by atoms with E-state index in [0.717, 1.165) is 0 Å². The molecule has 1 N–H and O–H groups in total. The summed E-state index contributed by atoms with van der Waals surface area (Å²) in [5.74, 6) is -1.15. The van der Waals surface area contributed by atoms with Gasteiger partial charge in [0.05, 0.1) is 28.0 Å². The predicted octanol–water partition coefficient (Wildman–Crippen LogP) is 2.71. The number of carbonyl (C=O) groups excluding carboxylic acids is 1. The molecule has 0 spiro atoms. The summed E-state index contributed by atoms with van der Waals surface area (Å²) >= 11 is 6.12. The Balaban J connectivity index is 1.47. The van der Waals surface area contributed by atoms with Gasteiger partial charge in [0, 0.05) is 0 Å². The fourth-order valence-electron chi connectivity index (χ4n) is 2.41. The summed E-state index contributed by atoms with van der Waals surface area (Å²) < 4.78 is 11.7. The van der Waals surface area contributed by atoms with E-state index in [4.69, 9.17) is 20.8 Å². The van der Waals surface area contributed by atoms with Crippen LogP contribution in [0.15, 0.2) is 57.9 Å². The van der Waals surface area contributed by atoms with Gasteiger partial charge in [0.25, 0.3) is 0 Å². The first kappa shape index (κ1) is 16.1. The van der Waals surface area contributed by atoms with Crippen LogP contribution < -0.4 is 5.76 Å². The highest BCUT2D eigenvalue weighted by molar-refractivity contribution is 6.32. The number of halogens is 1. The molecule has 2 aromatic carbocycles. The van der Waals surface area contributed by atoms with Crippen molar-refractivity contribution in [1.82, 2.24) is 20.0 Å². The number of carbonyl (C=O) groups is 1. The zero-order valence-electron chi connectivity index (χ0n) is 13.2. The molecule has 8 nitrogen and oxygen atoms in total. The molecule has 0 atom stereocenters. The number of H-pyrrole nitrogens is 1. The summed E-state index contributed by atoms with van der Waals surface area (Å²) in [7, 11) is 0. The number of ether oxygens (including phenoxy) is 1. The van der Waals surface area contributed by atoms with E-state index in [1.54, 1.807) is 24.4 Å². The zero-order valence-corrected chi connectivity index (χ0v) is 13.9. The number of aromatic nitrogens is 4. The van der Waals surface area contributed by atoms with Crippen LogP contribution in [-0.2, 0) is 11.3 Å². The maximum atomic E-state index is 12.2. The van der Waals surface area contributed by atoms with Gasteiger partial charge in [-0.1, -0.05) is 28.9 Å². The standard InChI is InChI=1S/C17H11ClN4O4/c18-12-3-1-2-4-14(12)22-8-11(20-21-22)9-25-16(23)10-5-6-13-15(7-10)26-17(24)19-13/h1-8H,9H2,(H,19,24). The molecule has 4 rings (SSSR count). The van der Waals surface area contributed by atoms with Gasteiger partial charge in [-0.25, -0.2) is 14.3 Å². The van der Waals surface area contributed by atoms with Crippen molar-refractivity contribution in [2.24, 2.45) is 0 Å². The zero-order chi connectivity index (χ0) is 18.1. The number of nitrogens with zero attached hydrogens (tertiary/aromatic N) is 3. The highest BCUT2D eigenvalue weighted by atomic mass is 35.5. The number of hydrogen-bond acceptors (Lipinski definition) is 6. The van der Waals surface area contributed by atoms with Gasteiger partial charge in [-0.05, 0) is 30.3 Å². The molecule has 0 aliphatic rings. The van der Waals surface area contributed by atoms with Crippen molar-refractivity contribution in [3.05, 3.63) is 75.5 Å². The lowest BCUT2D eigenvalue weighted by atomic mass is 10.2. The Morgan fingerprint density at radius 2 is 2.12 bits per heavy atom. The molecule has 0 saturated carbocycles. The van der Waals surface area contributed by atoms with Crippen molar-refractivity contribution < 1.29 is 13.9 Å². The van der Waals surface area contributed by atoms with Gasteiger partial charge in [0.15, 0.2) is 5.58 Å². The van der Waals surface area contributed by atoms with E-state index in [1.807, 2.05) is 12.1 Å². The third-order valence-corrected chi connectivity index (χ3v) is 3.97. The van der Waals surface area contributed by atoms with Crippen LogP contribution in [0.2, 0.25) is 5.02 Å². The first-order valence-electron chi connectivity index (χ1n) is 7.56. The summed E-state index contributed by atoms with van der Waals surface area (Å²) in [5, 5.41) is 8.47. The third kappa shape index (κ3) is 3.09. The smallest absolute Gasteiger partial charge is 0.417 e. The Morgan fingerprint density at radius 3 is 2.96 bits per heavy atom. The van der Waals surface area contributed by atoms with Crippen molar-refractivity contribution in [1.29, 1.82) is 0 Å². The molecule has 0 radical (unpaired) electrons. The molecular formula is C17H11ClN4O4. The molecule has 0 unspecified atom stereocenters. The number of esters is 1. The van der Waals surface area contributed by atoms with Crippen molar-refractivity contribution in [3.63, 3.8) is 0 Å². The number of aromatic amines is 1. The maximum Gasteiger partial charge on any atom is 0.417 e. The minimum absolute atomic E-state index is 0.0571. The van der Waals surface area contributed by atoms with E-state index < -0.39 is 11.7 Å². The van der Waals surface area contributed by atoms with E-state index >= 15 is 0 Å². The van der Waals surface area contributed by atoms with Crippen molar-refractivity contribution in [2.75, 3.05) is 0 Å².